The lowest BCUT2D eigenvalue weighted by molar-refractivity contribution is 0.104. The highest BCUT2D eigenvalue weighted by Gasteiger charge is 2.07. The molecular formula is C27H24N2O3. The van der Waals surface area contributed by atoms with E-state index < -0.39 is 0 Å². The fourth-order valence-electron chi connectivity index (χ4n) is 3.37. The summed E-state index contributed by atoms with van der Waals surface area (Å²) in [5.41, 5.74) is 4.65. The summed E-state index contributed by atoms with van der Waals surface area (Å²) in [7, 11) is 3.42. The maximum Gasteiger partial charge on any atom is 0.189 e. The topological polar surface area (TPSA) is 53.3 Å². The van der Waals surface area contributed by atoms with E-state index in [1.807, 2.05) is 60.7 Å². The van der Waals surface area contributed by atoms with Crippen LogP contribution >= 0.6 is 0 Å². The third-order valence-electron chi connectivity index (χ3n) is 5.08. The fourth-order valence-corrected chi connectivity index (χ4v) is 3.37. The molecule has 0 aliphatic carbocycles. The first-order valence-electron chi connectivity index (χ1n) is 10.3. The Bertz CT molecular complexity index is 1230. The number of aromatic nitrogens is 2. The van der Waals surface area contributed by atoms with Gasteiger partial charge in [0.05, 0.1) is 18.9 Å². The lowest BCUT2D eigenvalue weighted by Gasteiger charge is -2.12. The highest BCUT2D eigenvalue weighted by atomic mass is 16.5. The molecule has 0 saturated heterocycles. The quantitative estimate of drug-likeness (QED) is 0.274. The molecule has 0 N–H and O–H groups in total. The first-order chi connectivity index (χ1) is 15.6. The summed E-state index contributed by atoms with van der Waals surface area (Å²) in [5, 5.41) is 4.03. The molecule has 32 heavy (non-hydrogen) atoms. The van der Waals surface area contributed by atoms with Crippen LogP contribution in [0.3, 0.4) is 0 Å². The van der Waals surface area contributed by atoms with Crippen molar-refractivity contribution in [1.29, 1.82) is 0 Å². The number of allylic oxidation sites excluding steroid dienone is 1. The zero-order valence-electron chi connectivity index (χ0n) is 18.1. The number of hydrogen-bond donors (Lipinski definition) is 0. The molecule has 0 radical (unpaired) electrons. The third kappa shape index (κ3) is 5.13. The lowest BCUT2D eigenvalue weighted by Crippen LogP contribution is -1.99. The van der Waals surface area contributed by atoms with Crippen LogP contribution in [-0.4, -0.2) is 22.7 Å². The van der Waals surface area contributed by atoms with Crippen molar-refractivity contribution in [2.45, 2.75) is 6.61 Å². The molecule has 4 rings (SSSR count). The Morgan fingerprint density at radius 2 is 1.75 bits per heavy atom. The number of hydrogen-bond acceptors (Lipinski definition) is 4. The third-order valence-corrected chi connectivity index (χ3v) is 5.08. The molecule has 0 saturated carbocycles. The van der Waals surface area contributed by atoms with Crippen molar-refractivity contribution in [3.8, 4) is 22.6 Å². The second-order valence-electron chi connectivity index (χ2n) is 7.35. The van der Waals surface area contributed by atoms with E-state index in [2.05, 4.69) is 17.2 Å². The molecule has 0 spiro atoms. The van der Waals surface area contributed by atoms with Gasteiger partial charge >= 0.3 is 0 Å². The van der Waals surface area contributed by atoms with E-state index in [0.29, 0.717) is 12.2 Å². The smallest absolute Gasteiger partial charge is 0.189 e. The average molecular weight is 425 g/mol. The van der Waals surface area contributed by atoms with Crippen molar-refractivity contribution >= 4 is 11.9 Å². The van der Waals surface area contributed by atoms with Gasteiger partial charge in [0.2, 0.25) is 0 Å². The zero-order chi connectivity index (χ0) is 22.3. The molecule has 1 aromatic heterocycles. The van der Waals surface area contributed by atoms with E-state index in [0.717, 1.165) is 28.2 Å². The second kappa shape index (κ2) is 9.79. The summed E-state index contributed by atoms with van der Waals surface area (Å²) >= 11 is 0. The van der Waals surface area contributed by atoms with Gasteiger partial charge in [-0.25, -0.2) is 0 Å². The van der Waals surface area contributed by atoms with Gasteiger partial charge in [-0.2, -0.15) is 5.10 Å². The van der Waals surface area contributed by atoms with Crippen molar-refractivity contribution < 1.29 is 14.3 Å². The average Bonchev–Trinajstić information content (AvgIpc) is 3.28. The van der Waals surface area contributed by atoms with Crippen molar-refractivity contribution in [3.63, 3.8) is 0 Å². The van der Waals surface area contributed by atoms with Gasteiger partial charge in [0, 0.05) is 18.8 Å². The molecule has 0 aliphatic heterocycles. The molecule has 0 amide bonds. The van der Waals surface area contributed by atoms with Crippen LogP contribution in [0.25, 0.3) is 17.2 Å². The summed E-state index contributed by atoms with van der Waals surface area (Å²) in [5.74, 6) is 1.42. The van der Waals surface area contributed by atoms with Crippen LogP contribution in [-0.2, 0) is 13.7 Å². The van der Waals surface area contributed by atoms with Crippen LogP contribution in [0, 0.1) is 0 Å². The molecule has 4 aromatic rings. The van der Waals surface area contributed by atoms with Crippen LogP contribution in [0.15, 0.2) is 91.3 Å². The number of nitrogens with zero attached hydrogens (tertiary/aromatic N) is 2. The van der Waals surface area contributed by atoms with E-state index >= 15 is 0 Å². The van der Waals surface area contributed by atoms with E-state index in [4.69, 9.17) is 9.47 Å². The number of ketones is 1. The maximum atomic E-state index is 12.3. The molecule has 0 fully saturated rings. The maximum absolute atomic E-state index is 12.3. The monoisotopic (exact) mass is 424 g/mol. The molecule has 0 aliphatic rings. The number of methoxy groups -OCH3 is 1. The SMILES string of the molecule is COc1ccc(/C=C/C(=O)c2cnn(C)c2)cc1COc1ccc(-c2ccccc2)cc1. The Morgan fingerprint density at radius 3 is 2.44 bits per heavy atom. The molecule has 0 atom stereocenters. The molecule has 1 heterocycles. The Morgan fingerprint density at radius 1 is 1.00 bits per heavy atom. The first kappa shape index (κ1) is 21.1. The van der Waals surface area contributed by atoms with Crippen LogP contribution < -0.4 is 9.47 Å². The number of benzene rings is 3. The molecule has 5 heteroatoms. The molecule has 0 unspecified atom stereocenters. The van der Waals surface area contributed by atoms with E-state index in [9.17, 15) is 4.79 Å². The largest absolute Gasteiger partial charge is 0.496 e. The predicted molar refractivity (Wildman–Crippen MR) is 126 cm³/mol. The Balaban J connectivity index is 1.45. The summed E-state index contributed by atoms with van der Waals surface area (Å²) in [6, 6.07) is 24.0. The molecule has 0 bridgehead atoms. The first-order valence-corrected chi connectivity index (χ1v) is 10.3. The predicted octanol–water partition coefficient (Wildman–Crippen LogP) is 5.57. The van der Waals surface area contributed by atoms with E-state index in [1.54, 1.807) is 43.4 Å². The number of rotatable bonds is 8. The van der Waals surface area contributed by atoms with Gasteiger partial charge in [-0.05, 0) is 47.0 Å². The van der Waals surface area contributed by atoms with Gasteiger partial charge in [-0.1, -0.05) is 54.6 Å². The summed E-state index contributed by atoms with van der Waals surface area (Å²) < 4.78 is 13.1. The van der Waals surface area contributed by atoms with Crippen molar-refractivity contribution in [1.82, 2.24) is 9.78 Å². The Hall–Kier alpha value is -4.12. The second-order valence-corrected chi connectivity index (χ2v) is 7.35. The minimum Gasteiger partial charge on any atom is -0.496 e. The van der Waals surface area contributed by atoms with Crippen LogP contribution in [0.4, 0.5) is 0 Å². The van der Waals surface area contributed by atoms with Gasteiger partial charge < -0.3 is 9.47 Å². The van der Waals surface area contributed by atoms with Crippen LogP contribution in [0.2, 0.25) is 0 Å². The van der Waals surface area contributed by atoms with Crippen LogP contribution in [0.5, 0.6) is 11.5 Å². The Kier molecular flexibility index (Phi) is 6.46. The minimum atomic E-state index is -0.0924. The van der Waals surface area contributed by atoms with Gasteiger partial charge in [-0.3, -0.25) is 9.48 Å². The standard InChI is InChI=1S/C27H24N2O3/c1-29-18-24(17-28-29)26(30)14-8-20-9-15-27(31-2)23(16-20)19-32-25-12-10-22(11-13-25)21-6-4-3-5-7-21/h3-18H,19H2,1-2H3/b14-8+. The normalized spacial score (nSPS) is 10.9. The molecule has 5 nitrogen and oxygen atoms in total. The summed E-state index contributed by atoms with van der Waals surface area (Å²) in [6.45, 7) is 0.353. The van der Waals surface area contributed by atoms with Crippen molar-refractivity contribution in [2.24, 2.45) is 7.05 Å². The number of carbonyl (C=O) groups excluding carboxylic acids is 1. The lowest BCUT2D eigenvalue weighted by atomic mass is 10.1. The molecule has 160 valence electrons. The summed E-state index contributed by atoms with van der Waals surface area (Å²) in [4.78, 5) is 12.3. The summed E-state index contributed by atoms with van der Waals surface area (Å²) in [6.07, 6.45) is 6.59. The zero-order valence-corrected chi connectivity index (χ0v) is 18.1. The fraction of sp³-hybridized carbons (Fsp3) is 0.111. The van der Waals surface area contributed by atoms with E-state index in [-0.39, 0.29) is 5.78 Å². The number of aryl methyl sites for hydroxylation is 1. The van der Waals surface area contributed by atoms with Crippen molar-refractivity contribution in [2.75, 3.05) is 7.11 Å². The van der Waals surface area contributed by atoms with Crippen molar-refractivity contribution in [3.05, 3.63) is 108 Å². The van der Waals surface area contributed by atoms with Gasteiger partial charge in [-0.15, -0.1) is 0 Å². The Labute approximate surface area is 187 Å². The number of ether oxygens (including phenoxy) is 2. The minimum absolute atomic E-state index is 0.0924. The van der Waals surface area contributed by atoms with E-state index in [1.165, 1.54) is 5.56 Å². The molecule has 3 aromatic carbocycles. The van der Waals surface area contributed by atoms with Gasteiger partial charge in [0.1, 0.15) is 18.1 Å². The highest BCUT2D eigenvalue weighted by molar-refractivity contribution is 6.06. The molecular weight excluding hydrogens is 400 g/mol. The van der Waals surface area contributed by atoms with Crippen LogP contribution in [0.1, 0.15) is 21.5 Å². The van der Waals surface area contributed by atoms with Gasteiger partial charge in [0.15, 0.2) is 5.78 Å². The number of carbonyl (C=O) groups is 1. The van der Waals surface area contributed by atoms with Gasteiger partial charge in [0.25, 0.3) is 0 Å². The highest BCUT2D eigenvalue weighted by Crippen LogP contribution is 2.25.